The second-order valence-electron chi connectivity index (χ2n) is 2.91. The molecule has 0 spiro atoms. The topological polar surface area (TPSA) is 32.3 Å². The van der Waals surface area contributed by atoms with Gasteiger partial charge in [-0.3, -0.25) is 0 Å². The van der Waals surface area contributed by atoms with Gasteiger partial charge >= 0.3 is 0 Å². The summed E-state index contributed by atoms with van der Waals surface area (Å²) in [5.41, 5.74) is 0. The van der Waals surface area contributed by atoms with Crippen molar-refractivity contribution < 1.29 is 13.9 Å². The summed E-state index contributed by atoms with van der Waals surface area (Å²) in [6, 6.07) is 0. The Hall–Kier alpha value is -0.220. The maximum Gasteiger partial charge on any atom is 0.264 e. The highest BCUT2D eigenvalue weighted by molar-refractivity contribution is 4.76. The van der Waals surface area contributed by atoms with Crippen LogP contribution in [0.15, 0.2) is 0 Å². The van der Waals surface area contributed by atoms with E-state index >= 15 is 0 Å². The van der Waals surface area contributed by atoms with E-state index in [4.69, 9.17) is 5.11 Å². The van der Waals surface area contributed by atoms with Gasteiger partial charge in [0.05, 0.1) is 0 Å². The fraction of sp³-hybridized carbons (Fsp3) is 1.00. The summed E-state index contributed by atoms with van der Waals surface area (Å²) in [4.78, 5) is 0. The summed E-state index contributed by atoms with van der Waals surface area (Å²) in [5, 5.41) is 12.0. The van der Waals surface area contributed by atoms with Gasteiger partial charge in [0.2, 0.25) is 0 Å². The van der Waals surface area contributed by atoms with Crippen LogP contribution in [-0.2, 0) is 0 Å². The van der Waals surface area contributed by atoms with E-state index in [1.807, 2.05) is 0 Å². The van der Waals surface area contributed by atoms with E-state index in [2.05, 4.69) is 5.32 Å². The maximum atomic E-state index is 11.9. The molecule has 1 saturated heterocycles. The zero-order valence-electron chi connectivity index (χ0n) is 6.26. The first-order valence-electron chi connectivity index (χ1n) is 3.88. The average molecular weight is 165 g/mol. The molecule has 0 aromatic rings. The largest absolute Gasteiger partial charge is 0.387 e. The van der Waals surface area contributed by atoms with Crippen molar-refractivity contribution in [3.63, 3.8) is 0 Å². The molecule has 0 saturated carbocycles. The molecule has 2 nitrogen and oxygen atoms in total. The second-order valence-corrected chi connectivity index (χ2v) is 2.91. The van der Waals surface area contributed by atoms with E-state index in [1.165, 1.54) is 0 Å². The summed E-state index contributed by atoms with van der Waals surface area (Å²) >= 11 is 0. The monoisotopic (exact) mass is 165 g/mol. The minimum absolute atomic E-state index is 0.212. The molecule has 0 aliphatic carbocycles. The maximum absolute atomic E-state index is 11.9. The van der Waals surface area contributed by atoms with Crippen molar-refractivity contribution in [2.75, 3.05) is 13.1 Å². The lowest BCUT2D eigenvalue weighted by atomic mass is 9.92. The van der Waals surface area contributed by atoms with Crippen LogP contribution < -0.4 is 5.32 Å². The number of alkyl halides is 2. The van der Waals surface area contributed by atoms with Gasteiger partial charge in [0, 0.05) is 0 Å². The van der Waals surface area contributed by atoms with Crippen molar-refractivity contribution in [3.8, 4) is 0 Å². The van der Waals surface area contributed by atoms with Crippen molar-refractivity contribution in [2.45, 2.75) is 25.4 Å². The van der Waals surface area contributed by atoms with Crippen LogP contribution in [0.1, 0.15) is 12.8 Å². The summed E-state index contributed by atoms with van der Waals surface area (Å²) in [6.45, 7) is 1.49. The predicted molar refractivity (Wildman–Crippen MR) is 37.6 cm³/mol. The first kappa shape index (κ1) is 8.87. The highest BCUT2D eigenvalue weighted by Crippen LogP contribution is 2.20. The summed E-state index contributed by atoms with van der Waals surface area (Å²) in [5.74, 6) is -0.212. The van der Waals surface area contributed by atoms with E-state index in [0.717, 1.165) is 13.1 Å². The zero-order valence-corrected chi connectivity index (χ0v) is 6.26. The van der Waals surface area contributed by atoms with Gasteiger partial charge in [0.15, 0.2) is 0 Å². The van der Waals surface area contributed by atoms with E-state index in [0.29, 0.717) is 12.8 Å². The number of aliphatic hydroxyl groups excluding tert-OH is 1. The molecule has 0 bridgehead atoms. The van der Waals surface area contributed by atoms with Crippen LogP contribution >= 0.6 is 0 Å². The number of halogens is 2. The van der Waals surface area contributed by atoms with Crippen LogP contribution in [0.25, 0.3) is 0 Å². The molecular weight excluding hydrogens is 152 g/mol. The lowest BCUT2D eigenvalue weighted by molar-refractivity contribution is -0.0455. The molecule has 1 atom stereocenters. The number of hydrogen-bond donors (Lipinski definition) is 2. The normalized spacial score (nSPS) is 24.0. The van der Waals surface area contributed by atoms with E-state index < -0.39 is 12.5 Å². The first-order valence-corrected chi connectivity index (χ1v) is 3.88. The molecular formula is C7H13F2NO. The second kappa shape index (κ2) is 3.97. The van der Waals surface area contributed by atoms with E-state index in [1.54, 1.807) is 0 Å². The minimum Gasteiger partial charge on any atom is -0.387 e. The number of piperidine rings is 1. The molecule has 0 radical (unpaired) electrons. The zero-order chi connectivity index (χ0) is 8.27. The smallest absolute Gasteiger partial charge is 0.264 e. The Kier molecular flexibility index (Phi) is 3.20. The fourth-order valence-corrected chi connectivity index (χ4v) is 1.39. The molecule has 0 aromatic carbocycles. The summed E-state index contributed by atoms with van der Waals surface area (Å²) in [6.07, 6.45) is -2.69. The number of rotatable bonds is 2. The summed E-state index contributed by atoms with van der Waals surface area (Å²) < 4.78 is 23.9. The van der Waals surface area contributed by atoms with Crippen LogP contribution in [-0.4, -0.2) is 30.7 Å². The van der Waals surface area contributed by atoms with Gasteiger partial charge in [-0.1, -0.05) is 0 Å². The average Bonchev–Trinajstić information content (AvgIpc) is 2.05. The molecule has 0 aromatic heterocycles. The van der Waals surface area contributed by atoms with Crippen LogP contribution in [0, 0.1) is 5.92 Å². The molecule has 0 amide bonds. The van der Waals surface area contributed by atoms with Crippen molar-refractivity contribution >= 4 is 0 Å². The van der Waals surface area contributed by atoms with Crippen LogP contribution in [0.4, 0.5) is 8.78 Å². The third-order valence-corrected chi connectivity index (χ3v) is 2.12. The lowest BCUT2D eigenvalue weighted by Crippen LogP contribution is -2.37. The fourth-order valence-electron chi connectivity index (χ4n) is 1.39. The Balaban J connectivity index is 2.32. The Bertz CT molecular complexity index is 115. The molecule has 1 aliphatic rings. The van der Waals surface area contributed by atoms with Gasteiger partial charge in [-0.25, -0.2) is 8.78 Å². The molecule has 1 heterocycles. The van der Waals surface area contributed by atoms with Crippen molar-refractivity contribution in [1.29, 1.82) is 0 Å². The third kappa shape index (κ3) is 2.38. The third-order valence-electron chi connectivity index (χ3n) is 2.12. The Morgan fingerprint density at radius 1 is 1.27 bits per heavy atom. The van der Waals surface area contributed by atoms with E-state index in [9.17, 15) is 8.78 Å². The van der Waals surface area contributed by atoms with Crippen LogP contribution in [0.5, 0.6) is 0 Å². The molecule has 11 heavy (non-hydrogen) atoms. The highest BCUT2D eigenvalue weighted by Gasteiger charge is 2.28. The van der Waals surface area contributed by atoms with Gasteiger partial charge in [-0.2, -0.15) is 0 Å². The SMILES string of the molecule is OC(C(F)F)C1CCNCC1. The van der Waals surface area contributed by atoms with Gasteiger partial charge in [0.1, 0.15) is 6.10 Å². The quantitative estimate of drug-likeness (QED) is 0.628. The molecule has 2 N–H and O–H groups in total. The molecule has 1 fully saturated rings. The number of nitrogens with one attached hydrogen (secondary N) is 1. The molecule has 1 unspecified atom stereocenters. The summed E-state index contributed by atoms with van der Waals surface area (Å²) in [7, 11) is 0. The van der Waals surface area contributed by atoms with E-state index in [-0.39, 0.29) is 5.92 Å². The van der Waals surface area contributed by atoms with Crippen LogP contribution in [0.3, 0.4) is 0 Å². The Morgan fingerprint density at radius 3 is 2.27 bits per heavy atom. The Labute approximate surface area is 64.6 Å². The van der Waals surface area contributed by atoms with Gasteiger partial charge in [-0.15, -0.1) is 0 Å². The van der Waals surface area contributed by atoms with Gasteiger partial charge < -0.3 is 10.4 Å². The standard InChI is InChI=1S/C7H13F2NO/c8-7(9)6(11)5-1-3-10-4-2-5/h5-7,10-11H,1-4H2. The first-order chi connectivity index (χ1) is 5.22. The van der Waals surface area contributed by atoms with Crippen molar-refractivity contribution in [1.82, 2.24) is 5.32 Å². The predicted octanol–water partition coefficient (Wildman–Crippen LogP) is 0.612. The Morgan fingerprint density at radius 2 is 1.82 bits per heavy atom. The van der Waals surface area contributed by atoms with Crippen LogP contribution in [0.2, 0.25) is 0 Å². The van der Waals surface area contributed by atoms with Gasteiger partial charge in [0.25, 0.3) is 6.43 Å². The molecule has 1 rings (SSSR count). The van der Waals surface area contributed by atoms with Crippen molar-refractivity contribution in [3.05, 3.63) is 0 Å². The lowest BCUT2D eigenvalue weighted by Gasteiger charge is -2.26. The number of aliphatic hydroxyl groups is 1. The van der Waals surface area contributed by atoms with Gasteiger partial charge in [-0.05, 0) is 31.8 Å². The highest BCUT2D eigenvalue weighted by atomic mass is 19.3. The van der Waals surface area contributed by atoms with Crippen molar-refractivity contribution in [2.24, 2.45) is 5.92 Å². The number of hydrogen-bond acceptors (Lipinski definition) is 2. The molecule has 66 valence electrons. The minimum atomic E-state index is -2.59. The molecule has 1 aliphatic heterocycles. The molecule has 4 heteroatoms.